The van der Waals surface area contributed by atoms with Crippen LogP contribution in [0.4, 0.5) is 0 Å². The zero-order valence-electron chi connectivity index (χ0n) is 3.36. The summed E-state index contributed by atoms with van der Waals surface area (Å²) in [4.78, 5) is 0. The first kappa shape index (κ1) is 4.12. The van der Waals surface area contributed by atoms with E-state index in [0.717, 1.165) is 0 Å². The normalized spacial score (nSPS) is 30.2. The molecule has 0 N–H and O–H groups in total. The Morgan fingerprint density at radius 1 is 1.60 bits per heavy atom. The van der Waals surface area contributed by atoms with Gasteiger partial charge < -0.3 is 0 Å². The van der Waals surface area contributed by atoms with E-state index in [4.69, 9.17) is 0 Å². The topological polar surface area (TPSA) is 0 Å². The molecule has 0 spiro atoms. The molecule has 0 atom stereocenters. The van der Waals surface area contributed by atoms with Gasteiger partial charge in [0.15, 0.2) is 0 Å². The molecule has 0 aromatic rings. The van der Waals surface area contributed by atoms with Gasteiger partial charge in [-0.05, 0) is 0 Å². The van der Waals surface area contributed by atoms with Crippen LogP contribution in [0.5, 0.6) is 0 Å². The molecule has 0 aromatic carbocycles. The van der Waals surface area contributed by atoms with Gasteiger partial charge in [0, 0.05) is 0 Å². The second-order valence-corrected chi connectivity index (χ2v) is 3.08. The molecule has 1 rings (SSSR count). The van der Waals surface area contributed by atoms with Gasteiger partial charge in [0.1, 0.15) is 0 Å². The fourth-order valence-corrected chi connectivity index (χ4v) is 0.293. The van der Waals surface area contributed by atoms with Gasteiger partial charge in [0.05, 0.1) is 0 Å². The van der Waals surface area contributed by atoms with E-state index in [0.29, 0.717) is 3.42 Å². The molecule has 24 valence electrons. The molecule has 0 unspecified atom stereocenters. The van der Waals surface area contributed by atoms with Crippen molar-refractivity contribution >= 4 is 30.3 Å². The number of thiol groups is 1. The molecular formula is C3H5LiS. The van der Waals surface area contributed by atoms with E-state index in [1.807, 2.05) is 0 Å². The van der Waals surface area contributed by atoms with Gasteiger partial charge in [-0.15, -0.1) is 0 Å². The number of rotatable bonds is 0. The Labute approximate surface area is 46.9 Å². The van der Waals surface area contributed by atoms with Crippen molar-refractivity contribution < 1.29 is 0 Å². The van der Waals surface area contributed by atoms with E-state index in [1.165, 1.54) is 12.8 Å². The second-order valence-electron chi connectivity index (χ2n) is 2.00. The molecule has 1 aliphatic rings. The minimum absolute atomic E-state index is 0.444. The molecule has 0 heterocycles. The van der Waals surface area contributed by atoms with E-state index in [2.05, 4.69) is 30.3 Å². The molecule has 0 nitrogen and oxygen atoms in total. The van der Waals surface area contributed by atoms with Crippen molar-refractivity contribution in [1.29, 1.82) is 0 Å². The van der Waals surface area contributed by atoms with Crippen LogP contribution in [0.25, 0.3) is 0 Å². The van der Waals surface area contributed by atoms with Crippen LogP contribution in [0.1, 0.15) is 12.8 Å². The summed E-state index contributed by atoms with van der Waals surface area (Å²) < 4.78 is 0.444. The van der Waals surface area contributed by atoms with Crippen LogP contribution in [0.15, 0.2) is 0 Å². The molecule has 2 heteroatoms. The first-order valence-electron chi connectivity index (χ1n) is 1.93. The first-order valence-corrected chi connectivity index (χ1v) is 2.38. The summed E-state index contributed by atoms with van der Waals surface area (Å²) in [5.74, 6) is 0. The van der Waals surface area contributed by atoms with E-state index >= 15 is 0 Å². The quantitative estimate of drug-likeness (QED) is 0.319. The Balaban J connectivity index is 2.38. The van der Waals surface area contributed by atoms with Crippen LogP contribution in [-0.4, -0.2) is 21.1 Å². The van der Waals surface area contributed by atoms with Gasteiger partial charge in [0.25, 0.3) is 0 Å². The van der Waals surface area contributed by atoms with Crippen molar-refractivity contribution in [3.05, 3.63) is 0 Å². The van der Waals surface area contributed by atoms with Gasteiger partial charge in [-0.1, -0.05) is 0 Å². The summed E-state index contributed by atoms with van der Waals surface area (Å²) in [6.45, 7) is 0. The zero-order valence-corrected chi connectivity index (χ0v) is 4.26. The summed E-state index contributed by atoms with van der Waals surface area (Å²) in [5.41, 5.74) is 0. The molecule has 0 amide bonds. The van der Waals surface area contributed by atoms with Crippen molar-refractivity contribution in [1.82, 2.24) is 0 Å². The van der Waals surface area contributed by atoms with Crippen LogP contribution in [0, 0.1) is 0 Å². The molecule has 0 saturated heterocycles. The molecule has 1 aliphatic carbocycles. The first-order chi connectivity index (χ1) is 2.21. The van der Waals surface area contributed by atoms with Crippen LogP contribution in [0.3, 0.4) is 0 Å². The molecule has 1 saturated carbocycles. The summed E-state index contributed by atoms with van der Waals surface area (Å²) in [6, 6.07) is 0. The monoisotopic (exact) mass is 80.0 g/mol. The van der Waals surface area contributed by atoms with Crippen LogP contribution < -0.4 is 0 Å². The third-order valence-electron chi connectivity index (χ3n) is 0.974. The molecule has 0 bridgehead atoms. The van der Waals surface area contributed by atoms with E-state index in [1.54, 1.807) is 0 Å². The fraction of sp³-hybridized carbons (Fsp3) is 1.00. The number of hydrogen-bond acceptors (Lipinski definition) is 1. The third kappa shape index (κ3) is 1.22. The average molecular weight is 80.1 g/mol. The van der Waals surface area contributed by atoms with Gasteiger partial charge >= 0.3 is 46.6 Å². The summed E-state index contributed by atoms with van der Waals surface area (Å²) in [5, 5.41) is 0. The third-order valence-corrected chi connectivity index (χ3v) is 1.42. The maximum atomic E-state index is 4.23. The number of hydrogen-bond donors (Lipinski definition) is 1. The Morgan fingerprint density at radius 3 is 1.80 bits per heavy atom. The standard InChI is InChI=1S/C3H5S.Li/c4-3-1-2-3;/h4H,1-2H2;. The molecule has 0 radical (unpaired) electrons. The molecular weight excluding hydrogens is 75.0 g/mol. The molecule has 0 aromatic heterocycles. The van der Waals surface area contributed by atoms with E-state index in [9.17, 15) is 0 Å². The van der Waals surface area contributed by atoms with Gasteiger partial charge in [-0.2, -0.15) is 0 Å². The van der Waals surface area contributed by atoms with Crippen LogP contribution in [0.2, 0.25) is 0 Å². The molecule has 5 heavy (non-hydrogen) atoms. The molecule has 1 fully saturated rings. The fourth-order valence-electron chi connectivity index (χ4n) is 0.181. The van der Waals surface area contributed by atoms with Crippen LogP contribution in [-0.2, 0) is 0 Å². The van der Waals surface area contributed by atoms with Crippen molar-refractivity contribution in [2.45, 2.75) is 16.3 Å². The van der Waals surface area contributed by atoms with Gasteiger partial charge in [-0.3, -0.25) is 0 Å². The SMILES string of the molecule is [Li][C]1(S)CC1. The van der Waals surface area contributed by atoms with Crippen molar-refractivity contribution in [2.24, 2.45) is 0 Å². The van der Waals surface area contributed by atoms with E-state index in [-0.39, 0.29) is 0 Å². The second kappa shape index (κ2) is 0.963. The summed E-state index contributed by atoms with van der Waals surface area (Å²) in [7, 11) is 0. The minimum atomic E-state index is 0.444. The summed E-state index contributed by atoms with van der Waals surface area (Å²) in [6.07, 6.45) is 2.63. The Morgan fingerprint density at radius 2 is 1.80 bits per heavy atom. The average Bonchev–Trinajstić information content (AvgIpc) is 1.76. The van der Waals surface area contributed by atoms with Gasteiger partial charge in [0.2, 0.25) is 0 Å². The predicted octanol–water partition coefficient (Wildman–Crippen LogP) is 0.575. The van der Waals surface area contributed by atoms with Crippen molar-refractivity contribution in [3.8, 4) is 0 Å². The maximum absolute atomic E-state index is 4.23. The Bertz CT molecular complexity index is 44.9. The Hall–Kier alpha value is 0.947. The predicted molar refractivity (Wildman–Crippen MR) is 26.7 cm³/mol. The summed E-state index contributed by atoms with van der Waals surface area (Å²) >= 11 is 6.40. The molecule has 0 aliphatic heterocycles. The van der Waals surface area contributed by atoms with E-state index < -0.39 is 0 Å². The van der Waals surface area contributed by atoms with Gasteiger partial charge in [-0.25, -0.2) is 0 Å². The zero-order chi connectivity index (χ0) is 3.91. The van der Waals surface area contributed by atoms with Crippen LogP contribution >= 0.6 is 12.6 Å². The Kier molecular flexibility index (Phi) is 0.793. The van der Waals surface area contributed by atoms with Crippen molar-refractivity contribution in [3.63, 3.8) is 0 Å². The van der Waals surface area contributed by atoms with Crippen molar-refractivity contribution in [2.75, 3.05) is 0 Å².